The molecule has 1 aliphatic carbocycles. The van der Waals surface area contributed by atoms with Crippen molar-refractivity contribution in [3.63, 3.8) is 0 Å². The zero-order valence-corrected chi connectivity index (χ0v) is 8.11. The number of hydrogen-bond donors (Lipinski definition) is 1. The monoisotopic (exact) mass is 179 g/mol. The van der Waals surface area contributed by atoms with E-state index in [0.717, 1.165) is 0 Å². The molecule has 0 radical (unpaired) electrons. The van der Waals surface area contributed by atoms with Gasteiger partial charge < -0.3 is 5.32 Å². The molecule has 1 heterocycles. The molecule has 13 heavy (non-hydrogen) atoms. The van der Waals surface area contributed by atoms with E-state index in [1.807, 2.05) is 12.3 Å². The second-order valence-electron chi connectivity index (χ2n) is 3.79. The van der Waals surface area contributed by atoms with Crippen molar-refractivity contribution in [2.45, 2.75) is 37.8 Å². The maximum atomic E-state index is 4.30. The normalized spacial score (nSPS) is 29.0. The van der Waals surface area contributed by atoms with Crippen LogP contribution in [0, 0.1) is 0 Å². The van der Waals surface area contributed by atoms with Crippen molar-refractivity contribution >= 4 is 0 Å². The highest BCUT2D eigenvalue weighted by atomic mass is 15.3. The fraction of sp³-hybridized carbons (Fsp3) is 0.700. The molecule has 1 N–H and O–H groups in total. The molecule has 2 atom stereocenters. The zero-order valence-electron chi connectivity index (χ0n) is 8.11. The molecule has 0 saturated heterocycles. The summed E-state index contributed by atoms with van der Waals surface area (Å²) in [6.07, 6.45) is 9.06. The topological polar surface area (TPSA) is 29.9 Å². The first-order valence-electron chi connectivity index (χ1n) is 5.06. The van der Waals surface area contributed by atoms with E-state index in [2.05, 4.69) is 28.3 Å². The van der Waals surface area contributed by atoms with E-state index >= 15 is 0 Å². The molecule has 1 saturated carbocycles. The van der Waals surface area contributed by atoms with Gasteiger partial charge in [-0.2, -0.15) is 5.10 Å². The second-order valence-corrected chi connectivity index (χ2v) is 3.79. The van der Waals surface area contributed by atoms with Crippen LogP contribution in [0.2, 0.25) is 0 Å². The lowest BCUT2D eigenvalue weighted by Crippen LogP contribution is -2.32. The van der Waals surface area contributed by atoms with E-state index < -0.39 is 0 Å². The second kappa shape index (κ2) is 3.92. The van der Waals surface area contributed by atoms with Crippen LogP contribution in [0.15, 0.2) is 18.5 Å². The Labute approximate surface area is 79.1 Å². The van der Waals surface area contributed by atoms with E-state index in [-0.39, 0.29) is 0 Å². The lowest BCUT2D eigenvalue weighted by Gasteiger charge is -2.28. The lowest BCUT2D eigenvalue weighted by molar-refractivity contribution is 0.278. The Morgan fingerprint density at radius 3 is 3.08 bits per heavy atom. The number of hydrogen-bond acceptors (Lipinski definition) is 2. The minimum Gasteiger partial charge on any atom is -0.317 e. The van der Waals surface area contributed by atoms with Gasteiger partial charge in [0, 0.05) is 18.4 Å². The fourth-order valence-corrected chi connectivity index (χ4v) is 2.16. The molecule has 72 valence electrons. The molecular formula is C10H17N3. The van der Waals surface area contributed by atoms with Gasteiger partial charge in [-0.3, -0.25) is 4.68 Å². The highest BCUT2D eigenvalue weighted by Gasteiger charge is 2.21. The maximum Gasteiger partial charge on any atom is 0.0534 e. The molecule has 2 unspecified atom stereocenters. The van der Waals surface area contributed by atoms with Crippen LogP contribution in [0.25, 0.3) is 0 Å². The lowest BCUT2D eigenvalue weighted by atomic mass is 9.91. The van der Waals surface area contributed by atoms with Crippen LogP contribution in [0.4, 0.5) is 0 Å². The van der Waals surface area contributed by atoms with Crippen molar-refractivity contribution in [2.75, 3.05) is 7.05 Å². The quantitative estimate of drug-likeness (QED) is 0.747. The Morgan fingerprint density at radius 2 is 2.38 bits per heavy atom. The minimum absolute atomic E-state index is 0.612. The zero-order chi connectivity index (χ0) is 9.10. The van der Waals surface area contributed by atoms with Gasteiger partial charge in [0.1, 0.15) is 0 Å². The van der Waals surface area contributed by atoms with Crippen molar-refractivity contribution in [1.82, 2.24) is 15.1 Å². The molecule has 3 heteroatoms. The smallest absolute Gasteiger partial charge is 0.0534 e. The van der Waals surface area contributed by atoms with Crippen LogP contribution in [-0.2, 0) is 0 Å². The summed E-state index contributed by atoms with van der Waals surface area (Å²) in [7, 11) is 2.05. The summed E-state index contributed by atoms with van der Waals surface area (Å²) in [6, 6.07) is 3.30. The SMILES string of the molecule is CNC1CCCC(n2cccn2)C1. The molecule has 3 nitrogen and oxygen atoms in total. The number of rotatable bonds is 2. The first-order valence-corrected chi connectivity index (χ1v) is 5.06. The van der Waals surface area contributed by atoms with E-state index in [0.29, 0.717) is 12.1 Å². The van der Waals surface area contributed by atoms with Crippen molar-refractivity contribution in [3.05, 3.63) is 18.5 Å². The van der Waals surface area contributed by atoms with Crippen molar-refractivity contribution < 1.29 is 0 Å². The first-order chi connectivity index (χ1) is 6.40. The summed E-state index contributed by atoms with van der Waals surface area (Å²) in [5, 5.41) is 7.65. The van der Waals surface area contributed by atoms with Gasteiger partial charge in [-0.15, -0.1) is 0 Å². The molecule has 0 aromatic carbocycles. The predicted octanol–water partition coefficient (Wildman–Crippen LogP) is 1.59. The summed E-state index contributed by atoms with van der Waals surface area (Å²) >= 11 is 0. The molecule has 1 aromatic rings. The third-order valence-corrected chi connectivity index (χ3v) is 2.95. The van der Waals surface area contributed by atoms with Crippen LogP contribution >= 0.6 is 0 Å². The highest BCUT2D eigenvalue weighted by molar-refractivity contribution is 4.86. The molecule has 2 rings (SSSR count). The fourth-order valence-electron chi connectivity index (χ4n) is 2.16. The molecule has 0 bridgehead atoms. The van der Waals surface area contributed by atoms with Gasteiger partial charge in [0.05, 0.1) is 6.04 Å². The Bertz CT molecular complexity index is 243. The summed E-state index contributed by atoms with van der Waals surface area (Å²) < 4.78 is 2.10. The molecule has 0 spiro atoms. The maximum absolute atomic E-state index is 4.30. The summed E-state index contributed by atoms with van der Waals surface area (Å²) in [5.74, 6) is 0. The van der Waals surface area contributed by atoms with Gasteiger partial charge >= 0.3 is 0 Å². The van der Waals surface area contributed by atoms with Crippen LogP contribution in [0.3, 0.4) is 0 Å². The molecule has 1 aliphatic rings. The summed E-state index contributed by atoms with van der Waals surface area (Å²) in [4.78, 5) is 0. The molecule has 0 aliphatic heterocycles. The number of nitrogens with one attached hydrogen (secondary N) is 1. The Kier molecular flexibility index (Phi) is 2.64. The summed E-state index contributed by atoms with van der Waals surface area (Å²) in [6.45, 7) is 0. The molecular weight excluding hydrogens is 162 g/mol. The average molecular weight is 179 g/mol. The predicted molar refractivity (Wildman–Crippen MR) is 52.6 cm³/mol. The number of aromatic nitrogens is 2. The van der Waals surface area contributed by atoms with Crippen LogP contribution < -0.4 is 5.32 Å². The van der Waals surface area contributed by atoms with E-state index in [4.69, 9.17) is 0 Å². The third kappa shape index (κ3) is 1.91. The van der Waals surface area contributed by atoms with Crippen molar-refractivity contribution in [2.24, 2.45) is 0 Å². The Morgan fingerprint density at radius 1 is 1.46 bits per heavy atom. The largest absolute Gasteiger partial charge is 0.317 e. The van der Waals surface area contributed by atoms with Crippen molar-refractivity contribution in [3.8, 4) is 0 Å². The minimum atomic E-state index is 0.612. The van der Waals surface area contributed by atoms with E-state index in [9.17, 15) is 0 Å². The van der Waals surface area contributed by atoms with Gasteiger partial charge in [0.15, 0.2) is 0 Å². The van der Waals surface area contributed by atoms with Gasteiger partial charge in [-0.1, -0.05) is 0 Å². The summed E-state index contributed by atoms with van der Waals surface area (Å²) in [5.41, 5.74) is 0. The van der Waals surface area contributed by atoms with Gasteiger partial charge in [-0.05, 0) is 38.8 Å². The van der Waals surface area contributed by atoms with Gasteiger partial charge in [0.25, 0.3) is 0 Å². The van der Waals surface area contributed by atoms with Gasteiger partial charge in [0.2, 0.25) is 0 Å². The van der Waals surface area contributed by atoms with E-state index in [1.165, 1.54) is 25.7 Å². The Balaban J connectivity index is 2.00. The van der Waals surface area contributed by atoms with Gasteiger partial charge in [-0.25, -0.2) is 0 Å². The van der Waals surface area contributed by atoms with Crippen molar-refractivity contribution in [1.29, 1.82) is 0 Å². The van der Waals surface area contributed by atoms with E-state index in [1.54, 1.807) is 0 Å². The average Bonchev–Trinajstić information content (AvgIpc) is 2.71. The standard InChI is InChI=1S/C10H17N3/c1-11-9-4-2-5-10(8-9)13-7-3-6-12-13/h3,6-7,9-11H,2,4-5,8H2,1H3. The highest BCUT2D eigenvalue weighted by Crippen LogP contribution is 2.27. The molecule has 1 fully saturated rings. The molecule has 1 aromatic heterocycles. The number of nitrogens with zero attached hydrogens (tertiary/aromatic N) is 2. The molecule has 0 amide bonds. The third-order valence-electron chi connectivity index (χ3n) is 2.95. The van der Waals surface area contributed by atoms with Crippen LogP contribution in [0.5, 0.6) is 0 Å². The Hall–Kier alpha value is -0.830. The van der Waals surface area contributed by atoms with Crippen LogP contribution in [-0.4, -0.2) is 22.9 Å². The first kappa shape index (κ1) is 8.75. The van der Waals surface area contributed by atoms with Crippen LogP contribution in [0.1, 0.15) is 31.7 Å².